The second kappa shape index (κ2) is 5.95. The Hall–Kier alpha value is 0.0500. The summed E-state index contributed by atoms with van der Waals surface area (Å²) in [7, 11) is -3.06. The summed E-state index contributed by atoms with van der Waals surface area (Å²) in [6.07, 6.45) is 1.16. The zero-order valence-corrected chi connectivity index (χ0v) is 11.5. The van der Waals surface area contributed by atoms with Crippen molar-refractivity contribution in [1.29, 1.82) is 0 Å². The number of sulfonamides is 1. The third-order valence-corrected chi connectivity index (χ3v) is 3.95. The van der Waals surface area contributed by atoms with Gasteiger partial charge in [-0.15, -0.1) is 11.3 Å². The molecule has 2 N–H and O–H groups in total. The van der Waals surface area contributed by atoms with Crippen molar-refractivity contribution in [3.05, 3.63) is 20.8 Å². The van der Waals surface area contributed by atoms with Gasteiger partial charge in [-0.25, -0.2) is 13.1 Å². The molecule has 0 bridgehead atoms. The summed E-state index contributed by atoms with van der Waals surface area (Å²) in [5, 5.41) is 3.15. The average molecular weight is 313 g/mol. The molecule has 0 saturated heterocycles. The van der Waals surface area contributed by atoms with Gasteiger partial charge in [-0.2, -0.15) is 0 Å². The van der Waals surface area contributed by atoms with Gasteiger partial charge in [0.05, 0.1) is 10.0 Å². The van der Waals surface area contributed by atoms with E-state index in [-0.39, 0.29) is 0 Å². The molecule has 0 fully saturated rings. The number of thiophene rings is 1. The molecule has 0 aliphatic rings. The maximum absolute atomic E-state index is 10.7. The molecule has 0 spiro atoms. The minimum atomic E-state index is -3.06. The average Bonchev–Trinajstić information content (AvgIpc) is 2.49. The van der Waals surface area contributed by atoms with Crippen molar-refractivity contribution >= 4 is 37.3 Å². The van der Waals surface area contributed by atoms with Crippen LogP contribution in [0.1, 0.15) is 4.88 Å². The lowest BCUT2D eigenvalue weighted by atomic mass is 10.4. The molecule has 1 aromatic rings. The van der Waals surface area contributed by atoms with E-state index in [0.29, 0.717) is 13.1 Å². The standard InChI is InChI=1S/C8H13BrN2O2S2/c1-15(12,13)11-5-4-10-6-7-2-3-8(9)14-7/h2-3,10-11H,4-6H2,1H3. The first-order valence-electron chi connectivity index (χ1n) is 4.37. The van der Waals surface area contributed by atoms with Crippen molar-refractivity contribution in [2.75, 3.05) is 19.3 Å². The molecule has 0 aliphatic carbocycles. The van der Waals surface area contributed by atoms with Gasteiger partial charge in [0.2, 0.25) is 10.0 Å². The number of hydrogen-bond acceptors (Lipinski definition) is 4. The van der Waals surface area contributed by atoms with Crippen LogP contribution in [0.15, 0.2) is 15.9 Å². The van der Waals surface area contributed by atoms with Crippen molar-refractivity contribution in [1.82, 2.24) is 10.0 Å². The van der Waals surface area contributed by atoms with Crippen LogP contribution in [0, 0.1) is 0 Å². The molecule has 1 rings (SSSR count). The highest BCUT2D eigenvalue weighted by molar-refractivity contribution is 9.11. The van der Waals surface area contributed by atoms with Crippen molar-refractivity contribution < 1.29 is 8.42 Å². The highest BCUT2D eigenvalue weighted by Crippen LogP contribution is 2.21. The lowest BCUT2D eigenvalue weighted by Gasteiger charge is -2.03. The van der Waals surface area contributed by atoms with Crippen molar-refractivity contribution in [2.24, 2.45) is 0 Å². The summed E-state index contributed by atoms with van der Waals surface area (Å²) in [5.74, 6) is 0. The highest BCUT2D eigenvalue weighted by atomic mass is 79.9. The lowest BCUT2D eigenvalue weighted by molar-refractivity contribution is 0.582. The zero-order valence-electron chi connectivity index (χ0n) is 8.29. The quantitative estimate of drug-likeness (QED) is 0.775. The molecular weight excluding hydrogens is 300 g/mol. The zero-order chi connectivity index (χ0) is 11.3. The molecule has 0 amide bonds. The Morgan fingerprint density at radius 1 is 1.40 bits per heavy atom. The topological polar surface area (TPSA) is 58.2 Å². The second-order valence-electron chi connectivity index (χ2n) is 3.05. The smallest absolute Gasteiger partial charge is 0.208 e. The van der Waals surface area contributed by atoms with E-state index in [4.69, 9.17) is 0 Å². The number of rotatable bonds is 6. The third-order valence-electron chi connectivity index (χ3n) is 1.59. The number of halogens is 1. The monoisotopic (exact) mass is 312 g/mol. The van der Waals surface area contributed by atoms with Crippen LogP contribution >= 0.6 is 27.3 Å². The summed E-state index contributed by atoms with van der Waals surface area (Å²) in [4.78, 5) is 1.22. The van der Waals surface area contributed by atoms with Gasteiger partial charge in [0, 0.05) is 24.5 Å². The molecule has 1 heterocycles. The lowest BCUT2D eigenvalue weighted by Crippen LogP contribution is -2.30. The molecule has 1 aromatic heterocycles. The normalized spacial score (nSPS) is 11.9. The van der Waals surface area contributed by atoms with E-state index in [9.17, 15) is 8.42 Å². The summed E-state index contributed by atoms with van der Waals surface area (Å²) >= 11 is 5.05. The Bertz CT molecular complexity index is 403. The molecule has 7 heteroatoms. The van der Waals surface area contributed by atoms with Gasteiger partial charge in [0.1, 0.15) is 0 Å². The Morgan fingerprint density at radius 2 is 2.13 bits per heavy atom. The maximum Gasteiger partial charge on any atom is 0.208 e. The first-order valence-corrected chi connectivity index (χ1v) is 7.87. The summed E-state index contributed by atoms with van der Waals surface area (Å²) in [6, 6.07) is 4.03. The fourth-order valence-electron chi connectivity index (χ4n) is 0.983. The van der Waals surface area contributed by atoms with Crippen LogP contribution in [0.25, 0.3) is 0 Å². The molecule has 0 aliphatic heterocycles. The van der Waals surface area contributed by atoms with E-state index in [2.05, 4.69) is 26.0 Å². The Balaban J connectivity index is 2.12. The molecule has 15 heavy (non-hydrogen) atoms. The first-order chi connectivity index (χ1) is 6.97. The molecule has 0 saturated carbocycles. The highest BCUT2D eigenvalue weighted by Gasteiger charge is 1.99. The van der Waals surface area contributed by atoms with Gasteiger partial charge in [0.25, 0.3) is 0 Å². The molecule has 0 unspecified atom stereocenters. The van der Waals surface area contributed by atoms with Gasteiger partial charge < -0.3 is 5.32 Å². The van der Waals surface area contributed by atoms with Crippen LogP contribution in [-0.2, 0) is 16.6 Å². The van der Waals surface area contributed by atoms with Gasteiger partial charge in [-0.1, -0.05) is 0 Å². The van der Waals surface area contributed by atoms with Crippen LogP contribution < -0.4 is 10.0 Å². The SMILES string of the molecule is CS(=O)(=O)NCCNCc1ccc(Br)s1. The van der Waals surface area contributed by atoms with E-state index >= 15 is 0 Å². The summed E-state index contributed by atoms with van der Waals surface area (Å²) in [6.45, 7) is 1.82. The second-order valence-corrected chi connectivity index (χ2v) is 7.43. The maximum atomic E-state index is 10.7. The van der Waals surface area contributed by atoms with Gasteiger partial charge in [0.15, 0.2) is 0 Å². The van der Waals surface area contributed by atoms with Crippen LogP contribution in [-0.4, -0.2) is 27.8 Å². The Morgan fingerprint density at radius 3 is 2.67 bits per heavy atom. The van der Waals surface area contributed by atoms with Gasteiger partial charge in [-0.3, -0.25) is 0 Å². The summed E-state index contributed by atoms with van der Waals surface area (Å²) < 4.78 is 25.0. The van der Waals surface area contributed by atoms with E-state index in [1.807, 2.05) is 12.1 Å². The van der Waals surface area contributed by atoms with E-state index in [0.717, 1.165) is 16.6 Å². The van der Waals surface area contributed by atoms with Crippen LogP contribution in [0.3, 0.4) is 0 Å². The number of hydrogen-bond donors (Lipinski definition) is 2. The molecule has 4 nitrogen and oxygen atoms in total. The molecular formula is C8H13BrN2O2S2. The minimum absolute atomic E-state index is 0.422. The molecule has 86 valence electrons. The Kier molecular flexibility index (Phi) is 5.20. The van der Waals surface area contributed by atoms with Crippen molar-refractivity contribution in [2.45, 2.75) is 6.54 Å². The van der Waals surface area contributed by atoms with Crippen LogP contribution in [0.2, 0.25) is 0 Å². The van der Waals surface area contributed by atoms with Crippen LogP contribution in [0.4, 0.5) is 0 Å². The largest absolute Gasteiger partial charge is 0.311 e. The predicted octanol–water partition coefficient (Wildman–Crippen LogP) is 1.15. The van der Waals surface area contributed by atoms with Crippen LogP contribution in [0.5, 0.6) is 0 Å². The molecule has 0 aromatic carbocycles. The third kappa shape index (κ3) is 6.26. The summed E-state index contributed by atoms with van der Waals surface area (Å²) in [5.41, 5.74) is 0. The van der Waals surface area contributed by atoms with Crippen molar-refractivity contribution in [3.8, 4) is 0 Å². The van der Waals surface area contributed by atoms with Gasteiger partial charge in [-0.05, 0) is 28.1 Å². The molecule has 0 radical (unpaired) electrons. The first kappa shape index (κ1) is 13.1. The Labute approximate surface area is 102 Å². The van der Waals surface area contributed by atoms with E-state index in [1.54, 1.807) is 11.3 Å². The van der Waals surface area contributed by atoms with Gasteiger partial charge >= 0.3 is 0 Å². The number of nitrogens with one attached hydrogen (secondary N) is 2. The fourth-order valence-corrected chi connectivity index (χ4v) is 2.91. The minimum Gasteiger partial charge on any atom is -0.311 e. The van der Waals surface area contributed by atoms with Crippen molar-refractivity contribution in [3.63, 3.8) is 0 Å². The predicted molar refractivity (Wildman–Crippen MR) is 66.6 cm³/mol. The van der Waals surface area contributed by atoms with E-state index in [1.165, 1.54) is 4.88 Å². The molecule has 0 atom stereocenters. The fraction of sp³-hybridized carbons (Fsp3) is 0.500. The van der Waals surface area contributed by atoms with E-state index < -0.39 is 10.0 Å².